The zero-order valence-corrected chi connectivity index (χ0v) is 15.3. The van der Waals surface area contributed by atoms with E-state index in [0.717, 1.165) is 12.5 Å². The number of rotatable bonds is 8. The minimum atomic E-state index is -2.35. The molecule has 1 heterocycles. The molecule has 0 aromatic heterocycles. The summed E-state index contributed by atoms with van der Waals surface area (Å²) in [4.78, 5) is 0. The van der Waals surface area contributed by atoms with Gasteiger partial charge >= 0.3 is 8.80 Å². The second-order valence-corrected chi connectivity index (χ2v) is 13.9. The Labute approximate surface area is 120 Å². The largest absolute Gasteiger partial charge is 0.500 e. The van der Waals surface area contributed by atoms with Crippen LogP contribution in [0, 0.1) is 0 Å². The van der Waals surface area contributed by atoms with Crippen LogP contribution in [-0.2, 0) is 13.3 Å². The quantitative estimate of drug-likeness (QED) is 0.509. The lowest BCUT2D eigenvalue weighted by atomic mass is 10.3. The van der Waals surface area contributed by atoms with E-state index in [4.69, 9.17) is 13.3 Å². The van der Waals surface area contributed by atoms with Gasteiger partial charge in [0.25, 0.3) is 0 Å². The topological polar surface area (TPSA) is 30.9 Å². The van der Waals surface area contributed by atoms with E-state index in [1.807, 2.05) is 0 Å². The van der Waals surface area contributed by atoms with Crippen LogP contribution in [0.5, 0.6) is 0 Å². The molecule has 1 rings (SSSR count). The Morgan fingerprint density at radius 1 is 1.00 bits per heavy atom. The molecule has 0 N–H and O–H groups in total. The van der Waals surface area contributed by atoms with Crippen LogP contribution in [0.3, 0.4) is 0 Å². The third kappa shape index (κ3) is 4.95. The smallest absolute Gasteiger partial charge is 0.377 e. The van der Waals surface area contributed by atoms with Crippen molar-refractivity contribution in [1.29, 1.82) is 0 Å². The fourth-order valence-corrected chi connectivity index (χ4v) is 7.69. The van der Waals surface area contributed by atoms with Crippen LogP contribution in [-0.4, -0.2) is 56.0 Å². The molecule has 0 bridgehead atoms. The predicted octanol–water partition coefficient (Wildman–Crippen LogP) is 2.95. The molecule has 0 atom stereocenters. The first-order valence-electron chi connectivity index (χ1n) is 7.40. The summed E-state index contributed by atoms with van der Waals surface area (Å²) in [6.07, 6.45) is 5.16. The normalized spacial score (nSPS) is 20.7. The van der Waals surface area contributed by atoms with Crippen molar-refractivity contribution in [3.05, 3.63) is 0 Å². The molecule has 19 heavy (non-hydrogen) atoms. The average molecular weight is 306 g/mol. The van der Waals surface area contributed by atoms with Crippen molar-refractivity contribution in [3.63, 3.8) is 0 Å². The molecule has 0 radical (unpaired) electrons. The minimum absolute atomic E-state index is 0.923. The molecule has 1 aliphatic heterocycles. The third-order valence-electron chi connectivity index (χ3n) is 4.42. The summed E-state index contributed by atoms with van der Waals surface area (Å²) in [5.74, 6) is 0. The number of hydrogen-bond acceptors (Lipinski definition) is 4. The van der Waals surface area contributed by atoms with Gasteiger partial charge in [-0.25, -0.2) is 0 Å². The van der Waals surface area contributed by atoms with Crippen molar-refractivity contribution >= 4 is 17.0 Å². The van der Waals surface area contributed by atoms with E-state index in [0.29, 0.717) is 0 Å². The highest BCUT2D eigenvalue weighted by molar-refractivity contribution is 6.74. The van der Waals surface area contributed by atoms with Gasteiger partial charge in [-0.05, 0) is 38.4 Å². The Morgan fingerprint density at radius 3 is 2.16 bits per heavy atom. The highest BCUT2D eigenvalue weighted by atomic mass is 28.4. The maximum Gasteiger partial charge on any atom is 0.500 e. The van der Waals surface area contributed by atoms with Gasteiger partial charge in [-0.2, -0.15) is 0 Å². The Morgan fingerprint density at radius 2 is 1.63 bits per heavy atom. The zero-order valence-electron chi connectivity index (χ0n) is 13.3. The Kier molecular flexibility index (Phi) is 7.20. The molecule has 114 valence electrons. The van der Waals surface area contributed by atoms with Gasteiger partial charge < -0.3 is 17.8 Å². The van der Waals surface area contributed by atoms with Crippen molar-refractivity contribution in [1.82, 2.24) is 4.57 Å². The van der Waals surface area contributed by atoms with Crippen LogP contribution in [0.4, 0.5) is 0 Å². The molecule has 1 aliphatic rings. The van der Waals surface area contributed by atoms with E-state index in [2.05, 4.69) is 17.7 Å². The van der Waals surface area contributed by atoms with Crippen molar-refractivity contribution in [2.45, 2.75) is 50.9 Å². The number of unbranched alkanes of at least 4 members (excludes halogenated alkanes) is 1. The Hall–Kier alpha value is 0.274. The van der Waals surface area contributed by atoms with Gasteiger partial charge in [0.1, 0.15) is 8.24 Å². The first kappa shape index (κ1) is 17.3. The van der Waals surface area contributed by atoms with Crippen LogP contribution in [0.2, 0.25) is 25.2 Å². The highest BCUT2D eigenvalue weighted by Crippen LogP contribution is 2.25. The molecule has 0 spiro atoms. The number of nitrogens with zero attached hydrogens (tertiary/aromatic N) is 1. The fraction of sp³-hybridized carbons (Fsp3) is 1.00. The summed E-state index contributed by atoms with van der Waals surface area (Å²) in [5.41, 5.74) is 0. The minimum Gasteiger partial charge on any atom is -0.377 e. The molecule has 4 nitrogen and oxygen atoms in total. The van der Waals surface area contributed by atoms with Gasteiger partial charge in [0.05, 0.1) is 0 Å². The lowest BCUT2D eigenvalue weighted by Crippen LogP contribution is -2.52. The molecule has 0 aromatic rings. The molecule has 1 saturated heterocycles. The van der Waals surface area contributed by atoms with Crippen LogP contribution in [0.1, 0.15) is 25.7 Å². The lowest BCUT2D eigenvalue weighted by Gasteiger charge is -2.41. The van der Waals surface area contributed by atoms with Crippen LogP contribution in [0.25, 0.3) is 0 Å². The monoisotopic (exact) mass is 305 g/mol. The van der Waals surface area contributed by atoms with Crippen molar-refractivity contribution in [3.8, 4) is 0 Å². The fourth-order valence-electron chi connectivity index (χ4n) is 2.94. The van der Waals surface area contributed by atoms with Crippen molar-refractivity contribution in [2.24, 2.45) is 0 Å². The predicted molar refractivity (Wildman–Crippen MR) is 83.9 cm³/mol. The first-order chi connectivity index (χ1) is 8.99. The van der Waals surface area contributed by atoms with Crippen LogP contribution < -0.4 is 0 Å². The average Bonchev–Trinajstić information content (AvgIpc) is 2.41. The third-order valence-corrected chi connectivity index (χ3v) is 11.0. The summed E-state index contributed by atoms with van der Waals surface area (Å²) < 4.78 is 19.1. The van der Waals surface area contributed by atoms with Gasteiger partial charge in [0.2, 0.25) is 0 Å². The Bertz CT molecular complexity index is 252. The molecule has 0 aliphatic carbocycles. The summed E-state index contributed by atoms with van der Waals surface area (Å²) in [7, 11) is 1.65. The van der Waals surface area contributed by atoms with Crippen molar-refractivity contribution in [2.75, 3.05) is 34.4 Å². The SMILES string of the molecule is CO[Si](CCCCN1CCCC[Si]1(C)C)(OC)OC. The summed E-state index contributed by atoms with van der Waals surface area (Å²) in [6, 6.07) is 2.38. The van der Waals surface area contributed by atoms with E-state index >= 15 is 0 Å². The van der Waals surface area contributed by atoms with Crippen LogP contribution >= 0.6 is 0 Å². The van der Waals surface area contributed by atoms with E-state index in [1.54, 1.807) is 21.3 Å². The highest BCUT2D eigenvalue weighted by Gasteiger charge is 2.37. The molecule has 0 unspecified atom stereocenters. The molecular formula is C13H31NO3Si2. The summed E-state index contributed by atoms with van der Waals surface area (Å²) in [5, 5.41) is 0. The Balaban J connectivity index is 2.30. The molecule has 0 amide bonds. The standard InChI is InChI=1S/C13H31NO3Si2/c1-15-19(16-2,17-3)13-9-7-11-14-10-6-8-12-18(14,4)5/h6-13H2,1-5H3. The van der Waals surface area contributed by atoms with Gasteiger partial charge in [-0.1, -0.05) is 19.5 Å². The van der Waals surface area contributed by atoms with Gasteiger partial charge in [-0.15, -0.1) is 0 Å². The van der Waals surface area contributed by atoms with Gasteiger partial charge in [0, 0.05) is 27.4 Å². The molecule has 0 saturated carbocycles. The summed E-state index contributed by atoms with van der Waals surface area (Å²) >= 11 is 0. The first-order valence-corrected chi connectivity index (χ1v) is 12.5. The second kappa shape index (κ2) is 7.90. The molecule has 6 heteroatoms. The van der Waals surface area contributed by atoms with Crippen LogP contribution in [0.15, 0.2) is 0 Å². The molecule has 0 aromatic carbocycles. The second-order valence-electron chi connectivity index (χ2n) is 6.01. The van der Waals surface area contributed by atoms with E-state index in [9.17, 15) is 0 Å². The maximum atomic E-state index is 5.46. The zero-order chi connectivity index (χ0) is 14.4. The lowest BCUT2D eigenvalue weighted by molar-refractivity contribution is 0.122. The number of hydrogen-bond donors (Lipinski definition) is 0. The van der Waals surface area contributed by atoms with E-state index < -0.39 is 17.0 Å². The van der Waals surface area contributed by atoms with E-state index in [1.165, 1.54) is 38.4 Å². The van der Waals surface area contributed by atoms with E-state index in [-0.39, 0.29) is 0 Å². The van der Waals surface area contributed by atoms with Crippen molar-refractivity contribution < 1.29 is 13.3 Å². The van der Waals surface area contributed by atoms with Gasteiger partial charge in [-0.3, -0.25) is 0 Å². The molecular weight excluding hydrogens is 274 g/mol. The maximum absolute atomic E-state index is 5.46. The molecule has 1 fully saturated rings. The van der Waals surface area contributed by atoms with Gasteiger partial charge in [0.15, 0.2) is 0 Å². The summed E-state index contributed by atoms with van der Waals surface area (Å²) in [6.45, 7) is 7.55.